The zero-order valence-corrected chi connectivity index (χ0v) is 13.3. The molecule has 1 saturated carbocycles. The van der Waals surface area contributed by atoms with Crippen molar-refractivity contribution in [2.45, 2.75) is 25.8 Å². The molecule has 2 amide bonds. The maximum absolute atomic E-state index is 12.2. The van der Waals surface area contributed by atoms with E-state index in [2.05, 4.69) is 20.8 Å². The molecule has 3 rings (SSSR count). The zero-order chi connectivity index (χ0) is 15.5. The molecule has 1 heterocycles. The number of aryl methyl sites for hydroxylation is 1. The number of carbonyl (C=O) groups excluding carboxylic acids is 1. The van der Waals surface area contributed by atoms with Crippen LogP contribution < -0.4 is 15.4 Å². The molecular weight excluding hydrogens is 300 g/mol. The van der Waals surface area contributed by atoms with E-state index in [-0.39, 0.29) is 12.1 Å². The first kappa shape index (κ1) is 14.8. The minimum absolute atomic E-state index is 0.0138. The van der Waals surface area contributed by atoms with Crippen molar-refractivity contribution >= 4 is 22.5 Å². The number of nitrogens with one attached hydrogen (secondary N) is 2. The van der Waals surface area contributed by atoms with E-state index in [1.165, 1.54) is 11.3 Å². The van der Waals surface area contributed by atoms with Gasteiger partial charge in [0.15, 0.2) is 0 Å². The molecule has 1 aromatic heterocycles. The topological polar surface area (TPSA) is 76.1 Å². The molecule has 0 bridgehead atoms. The van der Waals surface area contributed by atoms with Crippen molar-refractivity contribution in [2.24, 2.45) is 5.92 Å². The van der Waals surface area contributed by atoms with Gasteiger partial charge in [-0.2, -0.15) is 0 Å². The predicted octanol–water partition coefficient (Wildman–Crippen LogP) is 3.13. The quantitative estimate of drug-likeness (QED) is 0.888. The van der Waals surface area contributed by atoms with Crippen LogP contribution in [0, 0.1) is 12.8 Å². The summed E-state index contributed by atoms with van der Waals surface area (Å²) in [5.74, 6) is 1.31. The third-order valence-corrected chi connectivity index (χ3v) is 4.36. The molecule has 7 heteroatoms. The van der Waals surface area contributed by atoms with Crippen LogP contribution in [0.25, 0.3) is 0 Å². The fourth-order valence-electron chi connectivity index (χ4n) is 2.34. The van der Waals surface area contributed by atoms with E-state index in [9.17, 15) is 4.79 Å². The number of amides is 2. The van der Waals surface area contributed by atoms with Crippen LogP contribution in [0.5, 0.6) is 5.75 Å². The maximum Gasteiger partial charge on any atom is 0.321 e. The Hall–Kier alpha value is -2.15. The highest BCUT2D eigenvalue weighted by atomic mass is 32.1. The van der Waals surface area contributed by atoms with Gasteiger partial charge in [-0.25, -0.2) is 4.79 Å². The van der Waals surface area contributed by atoms with Gasteiger partial charge in [0.2, 0.25) is 5.13 Å². The fraction of sp³-hybridized carbons (Fsp3) is 0.400. The Kier molecular flexibility index (Phi) is 4.24. The molecule has 1 aliphatic carbocycles. The second-order valence-corrected chi connectivity index (χ2v) is 6.49. The summed E-state index contributed by atoms with van der Waals surface area (Å²) >= 11 is 1.36. The minimum atomic E-state index is -0.246. The van der Waals surface area contributed by atoms with Gasteiger partial charge in [-0.15, -0.1) is 10.2 Å². The van der Waals surface area contributed by atoms with E-state index >= 15 is 0 Å². The van der Waals surface area contributed by atoms with Crippen LogP contribution in [-0.2, 0) is 0 Å². The third-order valence-electron chi connectivity index (χ3n) is 3.60. The van der Waals surface area contributed by atoms with Gasteiger partial charge in [0.25, 0.3) is 0 Å². The van der Waals surface area contributed by atoms with Crippen molar-refractivity contribution in [3.8, 4) is 5.75 Å². The Morgan fingerprint density at radius 1 is 1.32 bits per heavy atom. The first-order valence-corrected chi connectivity index (χ1v) is 7.99. The lowest BCUT2D eigenvalue weighted by atomic mass is 10.0. The highest BCUT2D eigenvalue weighted by Gasteiger charge is 2.33. The van der Waals surface area contributed by atoms with Gasteiger partial charge in [0, 0.05) is 0 Å². The summed E-state index contributed by atoms with van der Waals surface area (Å²) in [7, 11) is 1.64. The summed E-state index contributed by atoms with van der Waals surface area (Å²) < 4.78 is 5.17. The second-order valence-electron chi connectivity index (χ2n) is 5.31. The van der Waals surface area contributed by atoms with Crippen molar-refractivity contribution in [1.29, 1.82) is 0 Å². The standard InChI is InChI=1S/C15H18N4O2S/c1-9-18-19-15(22-9)17-14(20)16-13(10-3-4-10)11-5-7-12(21-2)8-6-11/h5-8,10,13H,3-4H2,1-2H3,(H2,16,17,19,20)/t13-/m0/s1. The van der Waals surface area contributed by atoms with Crippen molar-refractivity contribution in [3.63, 3.8) is 0 Å². The lowest BCUT2D eigenvalue weighted by Crippen LogP contribution is -2.33. The number of ether oxygens (including phenoxy) is 1. The number of nitrogens with zero attached hydrogens (tertiary/aromatic N) is 2. The second kappa shape index (κ2) is 6.31. The van der Waals surface area contributed by atoms with E-state index in [1.54, 1.807) is 7.11 Å². The lowest BCUT2D eigenvalue weighted by Gasteiger charge is -2.19. The van der Waals surface area contributed by atoms with Crippen molar-refractivity contribution < 1.29 is 9.53 Å². The Morgan fingerprint density at radius 2 is 2.05 bits per heavy atom. The third kappa shape index (κ3) is 3.54. The Balaban J connectivity index is 1.67. The molecule has 116 valence electrons. The van der Waals surface area contributed by atoms with Gasteiger partial charge in [-0.3, -0.25) is 5.32 Å². The van der Waals surface area contributed by atoms with E-state index in [0.717, 1.165) is 29.2 Å². The largest absolute Gasteiger partial charge is 0.497 e. The van der Waals surface area contributed by atoms with Gasteiger partial charge >= 0.3 is 6.03 Å². The molecule has 0 saturated heterocycles. The monoisotopic (exact) mass is 318 g/mol. The molecule has 0 radical (unpaired) electrons. The number of benzene rings is 1. The van der Waals surface area contributed by atoms with Crippen LogP contribution >= 0.6 is 11.3 Å². The van der Waals surface area contributed by atoms with E-state index in [0.29, 0.717) is 11.0 Å². The molecule has 0 unspecified atom stereocenters. The number of aromatic nitrogens is 2. The van der Waals surface area contributed by atoms with E-state index in [4.69, 9.17) is 4.74 Å². The summed E-state index contributed by atoms with van der Waals surface area (Å²) in [6, 6.07) is 7.59. The summed E-state index contributed by atoms with van der Waals surface area (Å²) in [5.41, 5.74) is 1.09. The van der Waals surface area contributed by atoms with Gasteiger partial charge in [0.1, 0.15) is 10.8 Å². The number of hydrogen-bond donors (Lipinski definition) is 2. The SMILES string of the molecule is COc1ccc([C@@H](NC(=O)Nc2nnc(C)s2)C2CC2)cc1. The average Bonchev–Trinajstić information content (AvgIpc) is 3.28. The highest BCUT2D eigenvalue weighted by molar-refractivity contribution is 7.15. The average molecular weight is 318 g/mol. The molecule has 2 N–H and O–H groups in total. The molecule has 1 fully saturated rings. The molecular formula is C15H18N4O2S. The summed E-state index contributed by atoms with van der Waals surface area (Å²) in [6.07, 6.45) is 2.27. The minimum Gasteiger partial charge on any atom is -0.497 e. The lowest BCUT2D eigenvalue weighted by molar-refractivity contribution is 0.247. The Labute approximate surface area is 132 Å². The first-order valence-electron chi connectivity index (χ1n) is 7.17. The zero-order valence-electron chi connectivity index (χ0n) is 12.5. The first-order chi connectivity index (χ1) is 10.7. The fourth-order valence-corrected chi connectivity index (χ4v) is 2.92. The molecule has 1 aromatic carbocycles. The van der Waals surface area contributed by atoms with Gasteiger partial charge in [-0.1, -0.05) is 23.5 Å². The number of methoxy groups -OCH3 is 1. The smallest absolute Gasteiger partial charge is 0.321 e. The van der Waals surface area contributed by atoms with Crippen LogP contribution in [0.3, 0.4) is 0 Å². The van der Waals surface area contributed by atoms with Gasteiger partial charge in [0.05, 0.1) is 13.2 Å². The molecule has 1 atom stereocenters. The molecule has 0 aliphatic heterocycles. The van der Waals surface area contributed by atoms with Gasteiger partial charge < -0.3 is 10.1 Å². The van der Waals surface area contributed by atoms with E-state index in [1.807, 2.05) is 31.2 Å². The molecule has 0 spiro atoms. The number of urea groups is 1. The van der Waals surface area contributed by atoms with Crippen molar-refractivity contribution in [1.82, 2.24) is 15.5 Å². The summed E-state index contributed by atoms with van der Waals surface area (Å²) in [5, 5.41) is 14.9. The molecule has 22 heavy (non-hydrogen) atoms. The summed E-state index contributed by atoms with van der Waals surface area (Å²) in [6.45, 7) is 1.85. The normalized spacial score (nSPS) is 15.2. The van der Waals surface area contributed by atoms with Crippen LogP contribution in [0.2, 0.25) is 0 Å². The number of rotatable bonds is 5. The van der Waals surface area contributed by atoms with Crippen LogP contribution in [0.1, 0.15) is 29.5 Å². The number of hydrogen-bond acceptors (Lipinski definition) is 5. The van der Waals surface area contributed by atoms with Gasteiger partial charge in [-0.05, 0) is 43.4 Å². The van der Waals surface area contributed by atoms with Crippen LogP contribution in [-0.4, -0.2) is 23.3 Å². The molecule has 2 aromatic rings. The number of anilines is 1. The van der Waals surface area contributed by atoms with E-state index < -0.39 is 0 Å². The van der Waals surface area contributed by atoms with Crippen molar-refractivity contribution in [2.75, 3.05) is 12.4 Å². The summed E-state index contributed by atoms with van der Waals surface area (Å²) in [4.78, 5) is 12.2. The molecule has 1 aliphatic rings. The Bertz CT molecular complexity index is 652. The number of carbonyl (C=O) groups is 1. The van der Waals surface area contributed by atoms with Crippen molar-refractivity contribution in [3.05, 3.63) is 34.8 Å². The van der Waals surface area contributed by atoms with Crippen LogP contribution in [0.4, 0.5) is 9.93 Å². The van der Waals surface area contributed by atoms with Crippen LogP contribution in [0.15, 0.2) is 24.3 Å². The Morgan fingerprint density at radius 3 is 2.59 bits per heavy atom. The molecule has 6 nitrogen and oxygen atoms in total. The highest BCUT2D eigenvalue weighted by Crippen LogP contribution is 2.41. The maximum atomic E-state index is 12.2. The predicted molar refractivity (Wildman–Crippen MR) is 85.3 cm³/mol.